The van der Waals surface area contributed by atoms with Gasteiger partial charge < -0.3 is 15.4 Å². The van der Waals surface area contributed by atoms with Crippen molar-refractivity contribution in [3.05, 3.63) is 29.8 Å². The zero-order valence-corrected chi connectivity index (χ0v) is 18.0. The molecule has 4 saturated carbocycles. The van der Waals surface area contributed by atoms with Crippen molar-refractivity contribution in [2.45, 2.75) is 64.5 Å². The number of esters is 1. The molecule has 2 amide bonds. The van der Waals surface area contributed by atoms with Crippen LogP contribution in [-0.4, -0.2) is 29.9 Å². The second kappa shape index (κ2) is 8.33. The van der Waals surface area contributed by atoms with Gasteiger partial charge in [-0.15, -0.1) is 0 Å². The number of hydrogen-bond acceptors (Lipinski definition) is 5. The minimum atomic E-state index is -1.03. The van der Waals surface area contributed by atoms with Crippen LogP contribution in [0.2, 0.25) is 0 Å². The fourth-order valence-corrected chi connectivity index (χ4v) is 6.04. The van der Waals surface area contributed by atoms with Crippen LogP contribution in [0.5, 0.6) is 0 Å². The average molecular weight is 424 g/mol. The molecule has 31 heavy (non-hydrogen) atoms. The van der Waals surface area contributed by atoms with Gasteiger partial charge in [-0.25, -0.2) is 4.79 Å². The highest BCUT2D eigenvalue weighted by Gasteiger charge is 2.54. The van der Waals surface area contributed by atoms with Crippen LogP contribution in [0.4, 0.5) is 5.69 Å². The van der Waals surface area contributed by atoms with Crippen molar-refractivity contribution < 1.29 is 19.1 Å². The Balaban J connectivity index is 1.30. The molecule has 5 rings (SSSR count). The maximum absolute atomic E-state index is 13.1. The van der Waals surface area contributed by atoms with Crippen molar-refractivity contribution in [2.75, 3.05) is 5.32 Å². The first kappa shape index (κ1) is 21.4. The molecule has 0 aliphatic heterocycles. The van der Waals surface area contributed by atoms with Crippen LogP contribution >= 0.6 is 0 Å². The van der Waals surface area contributed by atoms with Gasteiger partial charge in [-0.2, -0.15) is 5.26 Å². The topological polar surface area (TPSA) is 108 Å². The van der Waals surface area contributed by atoms with Crippen molar-refractivity contribution in [1.29, 1.82) is 5.26 Å². The van der Waals surface area contributed by atoms with Gasteiger partial charge in [-0.05, 0) is 88.3 Å². The summed E-state index contributed by atoms with van der Waals surface area (Å²) in [4.78, 5) is 38.0. The second-order valence-electron chi connectivity index (χ2n) is 9.65. The summed E-state index contributed by atoms with van der Waals surface area (Å²) in [5.41, 5.74) is 0.538. The summed E-state index contributed by atoms with van der Waals surface area (Å²) in [6.45, 7) is 3.08. The molecule has 7 nitrogen and oxygen atoms in total. The van der Waals surface area contributed by atoms with Crippen LogP contribution < -0.4 is 10.6 Å². The standard InChI is InChI=1S/C24H29N3O4/c1-14(26-23(30)24-10-17-6-18(11-24)8-19(7-17)12-24)22(29)31-15(2)21(28)27-20-5-3-4-16(9-20)13-25/h3-5,9,14-15,17-19H,6-8,10-12H2,1-2H3,(H,26,30)(H,27,28)/t14-,15-,17?,18?,19?,24?/m0/s1. The van der Waals surface area contributed by atoms with Gasteiger partial charge in [0, 0.05) is 11.1 Å². The fourth-order valence-electron chi connectivity index (χ4n) is 6.04. The number of anilines is 1. The van der Waals surface area contributed by atoms with Gasteiger partial charge in [0.25, 0.3) is 5.91 Å². The number of hydrogen-bond donors (Lipinski definition) is 2. The third kappa shape index (κ3) is 4.43. The molecule has 1 aromatic carbocycles. The molecule has 4 bridgehead atoms. The van der Waals surface area contributed by atoms with Crippen LogP contribution in [0.25, 0.3) is 0 Å². The minimum Gasteiger partial charge on any atom is -0.451 e. The summed E-state index contributed by atoms with van der Waals surface area (Å²) in [7, 11) is 0. The Morgan fingerprint density at radius 2 is 1.71 bits per heavy atom. The van der Waals surface area contributed by atoms with Crippen LogP contribution in [0.3, 0.4) is 0 Å². The average Bonchev–Trinajstić information content (AvgIpc) is 2.72. The largest absolute Gasteiger partial charge is 0.451 e. The van der Waals surface area contributed by atoms with E-state index in [1.54, 1.807) is 31.2 Å². The molecular weight excluding hydrogens is 394 g/mol. The first-order chi connectivity index (χ1) is 14.8. The summed E-state index contributed by atoms with van der Waals surface area (Å²) in [5.74, 6) is 0.753. The third-order valence-electron chi connectivity index (χ3n) is 7.14. The number of nitrogens with one attached hydrogen (secondary N) is 2. The predicted octanol–water partition coefficient (Wildman–Crippen LogP) is 3.15. The Morgan fingerprint density at radius 3 is 2.29 bits per heavy atom. The Bertz CT molecular complexity index is 900. The molecule has 2 atom stereocenters. The molecule has 1 aromatic rings. The molecule has 0 radical (unpaired) electrons. The number of nitriles is 1. The molecule has 0 aromatic heterocycles. The quantitative estimate of drug-likeness (QED) is 0.684. The number of carbonyl (C=O) groups excluding carboxylic acids is 3. The minimum absolute atomic E-state index is 0.0403. The van der Waals surface area contributed by atoms with E-state index < -0.39 is 24.0 Å². The van der Waals surface area contributed by atoms with Crippen molar-refractivity contribution in [3.8, 4) is 6.07 Å². The monoisotopic (exact) mass is 423 g/mol. The summed E-state index contributed by atoms with van der Waals surface area (Å²) in [5, 5.41) is 14.5. The summed E-state index contributed by atoms with van der Waals surface area (Å²) in [6.07, 6.45) is 5.47. The number of nitrogens with zero attached hydrogens (tertiary/aromatic N) is 1. The van der Waals surface area contributed by atoms with Gasteiger partial charge >= 0.3 is 5.97 Å². The lowest BCUT2D eigenvalue weighted by atomic mass is 9.49. The Labute approximate surface area is 182 Å². The normalized spacial score (nSPS) is 30.0. The highest BCUT2D eigenvalue weighted by atomic mass is 16.5. The van der Waals surface area contributed by atoms with Gasteiger partial charge in [0.15, 0.2) is 6.10 Å². The first-order valence-electron chi connectivity index (χ1n) is 11.1. The fraction of sp³-hybridized carbons (Fsp3) is 0.583. The molecule has 2 N–H and O–H groups in total. The first-order valence-corrected chi connectivity index (χ1v) is 11.1. The lowest BCUT2D eigenvalue weighted by Gasteiger charge is -2.55. The van der Waals surface area contributed by atoms with E-state index in [9.17, 15) is 14.4 Å². The van der Waals surface area contributed by atoms with E-state index in [2.05, 4.69) is 10.6 Å². The van der Waals surface area contributed by atoms with Gasteiger partial charge in [-0.1, -0.05) is 6.07 Å². The number of carbonyl (C=O) groups is 3. The van der Waals surface area contributed by atoms with Gasteiger partial charge in [0.05, 0.1) is 11.6 Å². The molecule has 0 unspecified atom stereocenters. The van der Waals surface area contributed by atoms with E-state index in [0.29, 0.717) is 29.0 Å². The van der Waals surface area contributed by atoms with Crippen molar-refractivity contribution in [3.63, 3.8) is 0 Å². The molecular formula is C24H29N3O4. The zero-order valence-electron chi connectivity index (χ0n) is 18.0. The third-order valence-corrected chi connectivity index (χ3v) is 7.14. The lowest BCUT2D eigenvalue weighted by Crippen LogP contribution is -2.56. The van der Waals surface area contributed by atoms with E-state index in [4.69, 9.17) is 10.00 Å². The van der Waals surface area contributed by atoms with E-state index >= 15 is 0 Å². The van der Waals surface area contributed by atoms with Crippen molar-refractivity contribution in [2.24, 2.45) is 23.2 Å². The van der Waals surface area contributed by atoms with Crippen LogP contribution in [0, 0.1) is 34.5 Å². The Kier molecular flexibility index (Phi) is 5.74. The van der Waals surface area contributed by atoms with E-state index in [1.807, 2.05) is 6.07 Å². The van der Waals surface area contributed by atoms with E-state index in [1.165, 1.54) is 26.2 Å². The van der Waals surface area contributed by atoms with Gasteiger partial charge in [0.1, 0.15) is 6.04 Å². The van der Waals surface area contributed by atoms with Gasteiger partial charge in [0.2, 0.25) is 5.91 Å². The number of benzene rings is 1. The SMILES string of the molecule is C[C@H](NC(=O)C12CC3CC(CC(C3)C1)C2)C(=O)O[C@@H](C)C(=O)Nc1cccc(C#N)c1. The van der Waals surface area contributed by atoms with Crippen molar-refractivity contribution in [1.82, 2.24) is 5.32 Å². The molecule has 4 fully saturated rings. The van der Waals surface area contributed by atoms with E-state index in [0.717, 1.165) is 19.3 Å². The molecule has 7 heteroatoms. The molecule has 0 heterocycles. The molecule has 164 valence electrons. The predicted molar refractivity (Wildman–Crippen MR) is 114 cm³/mol. The van der Waals surface area contributed by atoms with E-state index in [-0.39, 0.29) is 11.3 Å². The summed E-state index contributed by atoms with van der Waals surface area (Å²) < 4.78 is 5.29. The molecule has 4 aliphatic rings. The van der Waals surface area contributed by atoms with Crippen LogP contribution in [-0.2, 0) is 19.1 Å². The van der Waals surface area contributed by atoms with Gasteiger partial charge in [-0.3, -0.25) is 9.59 Å². The van der Waals surface area contributed by atoms with Crippen LogP contribution in [0.1, 0.15) is 57.9 Å². The highest BCUT2D eigenvalue weighted by molar-refractivity contribution is 5.96. The number of amides is 2. The Hall–Kier alpha value is -2.88. The van der Waals surface area contributed by atoms with Crippen LogP contribution in [0.15, 0.2) is 24.3 Å². The van der Waals surface area contributed by atoms with Crippen molar-refractivity contribution >= 4 is 23.5 Å². The highest BCUT2D eigenvalue weighted by Crippen LogP contribution is 2.60. The lowest BCUT2D eigenvalue weighted by molar-refractivity contribution is -0.158. The molecule has 0 spiro atoms. The summed E-state index contributed by atoms with van der Waals surface area (Å²) >= 11 is 0. The second-order valence-corrected chi connectivity index (χ2v) is 9.65. The number of rotatable bonds is 6. The Morgan fingerprint density at radius 1 is 1.10 bits per heavy atom. The smallest absolute Gasteiger partial charge is 0.329 e. The molecule has 4 aliphatic carbocycles. The maximum Gasteiger partial charge on any atom is 0.329 e. The summed E-state index contributed by atoms with van der Waals surface area (Å²) in [6, 6.07) is 7.67. The molecule has 0 saturated heterocycles. The zero-order chi connectivity index (χ0) is 22.2. The number of ether oxygens (including phenoxy) is 1. The maximum atomic E-state index is 13.1.